The third-order valence-corrected chi connectivity index (χ3v) is 4.51. The highest BCUT2D eigenvalue weighted by molar-refractivity contribution is 5.92. The first kappa shape index (κ1) is 14.5. The number of ether oxygens (including phenoxy) is 1. The van der Waals surface area contributed by atoms with Gasteiger partial charge in [-0.1, -0.05) is 12.8 Å². The zero-order valence-corrected chi connectivity index (χ0v) is 12.7. The number of nitrogens with one attached hydrogen (secondary N) is 2. The normalized spacial score (nSPS) is 22.3. The van der Waals surface area contributed by atoms with E-state index in [0.717, 1.165) is 51.4 Å². The van der Waals surface area contributed by atoms with Crippen LogP contribution in [0.4, 0.5) is 0 Å². The summed E-state index contributed by atoms with van der Waals surface area (Å²) in [5.41, 5.74) is 1.30. The van der Waals surface area contributed by atoms with Crippen LogP contribution < -0.4 is 5.32 Å². The van der Waals surface area contributed by atoms with Gasteiger partial charge in [0.25, 0.3) is 5.91 Å². The molecule has 1 aromatic rings. The van der Waals surface area contributed by atoms with Crippen LogP contribution in [-0.4, -0.2) is 59.4 Å². The van der Waals surface area contributed by atoms with Crippen molar-refractivity contribution in [1.82, 2.24) is 20.4 Å². The largest absolute Gasteiger partial charge is 0.379 e. The standard InChI is InChI=1S/C15H24N4O2/c1-12-10-13(18-17-12)14(20)16-15(4-2-3-5-15)11-19-6-8-21-9-7-19/h10H,2-9,11H2,1H3,(H,16,20)(H,17,18). The summed E-state index contributed by atoms with van der Waals surface area (Å²) in [4.78, 5) is 14.8. The fraction of sp³-hybridized carbons (Fsp3) is 0.733. The Bertz CT molecular complexity index is 488. The maximum atomic E-state index is 12.4. The quantitative estimate of drug-likeness (QED) is 0.871. The minimum Gasteiger partial charge on any atom is -0.379 e. The Hall–Kier alpha value is -1.40. The van der Waals surface area contributed by atoms with E-state index in [1.807, 2.05) is 6.92 Å². The second-order valence-corrected chi connectivity index (χ2v) is 6.27. The third-order valence-electron chi connectivity index (χ3n) is 4.51. The smallest absolute Gasteiger partial charge is 0.272 e. The number of rotatable bonds is 4. The van der Waals surface area contributed by atoms with Crippen molar-refractivity contribution < 1.29 is 9.53 Å². The van der Waals surface area contributed by atoms with Crippen molar-refractivity contribution in [1.29, 1.82) is 0 Å². The lowest BCUT2D eigenvalue weighted by Gasteiger charge is -2.37. The zero-order valence-electron chi connectivity index (χ0n) is 12.7. The molecule has 116 valence electrons. The van der Waals surface area contributed by atoms with Crippen molar-refractivity contribution in [2.75, 3.05) is 32.8 Å². The van der Waals surface area contributed by atoms with E-state index in [-0.39, 0.29) is 11.4 Å². The van der Waals surface area contributed by atoms with Crippen LogP contribution in [0.2, 0.25) is 0 Å². The number of hydrogen-bond donors (Lipinski definition) is 2. The van der Waals surface area contributed by atoms with Crippen LogP contribution in [0.3, 0.4) is 0 Å². The number of hydrogen-bond acceptors (Lipinski definition) is 4. The first-order chi connectivity index (χ1) is 10.2. The van der Waals surface area contributed by atoms with Gasteiger partial charge in [0.15, 0.2) is 0 Å². The van der Waals surface area contributed by atoms with Crippen LogP contribution in [0.25, 0.3) is 0 Å². The van der Waals surface area contributed by atoms with Crippen molar-refractivity contribution in [3.63, 3.8) is 0 Å². The number of nitrogens with zero attached hydrogens (tertiary/aromatic N) is 2. The molecule has 1 aliphatic carbocycles. The average Bonchev–Trinajstić information content (AvgIpc) is 3.10. The number of carbonyl (C=O) groups excluding carboxylic acids is 1. The summed E-state index contributed by atoms with van der Waals surface area (Å²) < 4.78 is 5.41. The predicted molar refractivity (Wildman–Crippen MR) is 79.2 cm³/mol. The molecule has 0 radical (unpaired) electrons. The molecular weight excluding hydrogens is 268 g/mol. The number of amides is 1. The monoisotopic (exact) mass is 292 g/mol. The topological polar surface area (TPSA) is 70.2 Å². The van der Waals surface area contributed by atoms with E-state index in [1.165, 1.54) is 12.8 Å². The molecule has 1 aliphatic heterocycles. The summed E-state index contributed by atoms with van der Waals surface area (Å²) in [7, 11) is 0. The number of aryl methyl sites for hydroxylation is 1. The van der Waals surface area contributed by atoms with Gasteiger partial charge in [-0.15, -0.1) is 0 Å². The van der Waals surface area contributed by atoms with Gasteiger partial charge in [-0.25, -0.2) is 0 Å². The number of carbonyl (C=O) groups is 1. The molecule has 0 atom stereocenters. The van der Waals surface area contributed by atoms with Crippen molar-refractivity contribution in [3.8, 4) is 0 Å². The molecular formula is C15H24N4O2. The maximum absolute atomic E-state index is 12.4. The van der Waals surface area contributed by atoms with Crippen LogP contribution in [0.5, 0.6) is 0 Å². The molecule has 6 heteroatoms. The predicted octanol–water partition coefficient (Wildman–Crippen LogP) is 1.09. The van der Waals surface area contributed by atoms with Crippen molar-refractivity contribution in [2.45, 2.75) is 38.1 Å². The molecule has 2 heterocycles. The highest BCUT2D eigenvalue weighted by atomic mass is 16.5. The van der Waals surface area contributed by atoms with E-state index in [0.29, 0.717) is 5.69 Å². The molecule has 2 N–H and O–H groups in total. The lowest BCUT2D eigenvalue weighted by Crippen LogP contribution is -2.55. The van der Waals surface area contributed by atoms with Gasteiger partial charge >= 0.3 is 0 Å². The van der Waals surface area contributed by atoms with Crippen molar-refractivity contribution >= 4 is 5.91 Å². The summed E-state index contributed by atoms with van der Waals surface area (Å²) in [5, 5.41) is 10.2. The third kappa shape index (κ3) is 3.44. The van der Waals surface area contributed by atoms with E-state index in [4.69, 9.17) is 4.74 Å². The molecule has 1 aromatic heterocycles. The van der Waals surface area contributed by atoms with E-state index in [1.54, 1.807) is 6.07 Å². The molecule has 2 fully saturated rings. The number of H-pyrrole nitrogens is 1. The molecule has 1 saturated carbocycles. The summed E-state index contributed by atoms with van der Waals surface area (Å²) in [5.74, 6) is -0.0606. The Morgan fingerprint density at radius 2 is 2.14 bits per heavy atom. The lowest BCUT2D eigenvalue weighted by atomic mass is 9.96. The highest BCUT2D eigenvalue weighted by Gasteiger charge is 2.37. The van der Waals surface area contributed by atoms with Crippen LogP contribution in [0, 0.1) is 6.92 Å². The molecule has 3 rings (SSSR count). The first-order valence-electron chi connectivity index (χ1n) is 7.82. The maximum Gasteiger partial charge on any atom is 0.272 e. The van der Waals surface area contributed by atoms with Crippen LogP contribution in [-0.2, 0) is 4.74 Å². The molecule has 1 saturated heterocycles. The summed E-state index contributed by atoms with van der Waals surface area (Å²) in [6, 6.07) is 1.80. The van der Waals surface area contributed by atoms with Gasteiger partial charge in [0.1, 0.15) is 5.69 Å². The molecule has 1 amide bonds. The van der Waals surface area contributed by atoms with Crippen LogP contribution in [0.15, 0.2) is 6.07 Å². The lowest BCUT2D eigenvalue weighted by molar-refractivity contribution is 0.0237. The highest BCUT2D eigenvalue weighted by Crippen LogP contribution is 2.31. The molecule has 0 spiro atoms. The Labute approximate surface area is 125 Å². The van der Waals surface area contributed by atoms with E-state index < -0.39 is 0 Å². The van der Waals surface area contributed by atoms with Crippen LogP contribution in [0.1, 0.15) is 41.9 Å². The fourth-order valence-corrected chi connectivity index (χ4v) is 3.40. The van der Waals surface area contributed by atoms with Gasteiger partial charge in [-0.2, -0.15) is 5.10 Å². The Morgan fingerprint density at radius 1 is 1.43 bits per heavy atom. The molecule has 6 nitrogen and oxygen atoms in total. The molecule has 0 aromatic carbocycles. The Morgan fingerprint density at radius 3 is 2.76 bits per heavy atom. The minimum atomic E-state index is -0.0960. The van der Waals surface area contributed by atoms with Gasteiger partial charge in [0.05, 0.1) is 18.8 Å². The van der Waals surface area contributed by atoms with Gasteiger partial charge in [0, 0.05) is 25.3 Å². The van der Waals surface area contributed by atoms with Crippen LogP contribution >= 0.6 is 0 Å². The molecule has 0 unspecified atom stereocenters. The number of aromatic nitrogens is 2. The summed E-state index contributed by atoms with van der Waals surface area (Å²) >= 11 is 0. The zero-order chi connectivity index (χ0) is 14.7. The molecule has 0 bridgehead atoms. The molecule has 21 heavy (non-hydrogen) atoms. The molecule has 2 aliphatic rings. The number of morpholine rings is 1. The second kappa shape index (κ2) is 6.15. The van der Waals surface area contributed by atoms with E-state index in [2.05, 4.69) is 20.4 Å². The van der Waals surface area contributed by atoms with Gasteiger partial charge in [-0.3, -0.25) is 14.8 Å². The number of aromatic amines is 1. The Kier molecular flexibility index (Phi) is 4.26. The second-order valence-electron chi connectivity index (χ2n) is 6.27. The van der Waals surface area contributed by atoms with Crippen molar-refractivity contribution in [2.24, 2.45) is 0 Å². The Balaban J connectivity index is 1.67. The summed E-state index contributed by atoms with van der Waals surface area (Å²) in [6.45, 7) is 6.33. The van der Waals surface area contributed by atoms with Gasteiger partial charge < -0.3 is 10.1 Å². The first-order valence-corrected chi connectivity index (χ1v) is 7.82. The average molecular weight is 292 g/mol. The van der Waals surface area contributed by atoms with Crippen molar-refractivity contribution in [3.05, 3.63) is 17.5 Å². The fourth-order valence-electron chi connectivity index (χ4n) is 3.40. The van der Waals surface area contributed by atoms with Gasteiger partial charge in [0.2, 0.25) is 0 Å². The minimum absolute atomic E-state index is 0.0606. The van der Waals surface area contributed by atoms with E-state index in [9.17, 15) is 4.79 Å². The van der Waals surface area contributed by atoms with E-state index >= 15 is 0 Å². The SMILES string of the molecule is Cc1cc(C(=O)NC2(CN3CCOCC3)CCCC2)n[nH]1. The van der Waals surface area contributed by atoms with Gasteiger partial charge in [-0.05, 0) is 25.8 Å². The summed E-state index contributed by atoms with van der Waals surface area (Å²) in [6.07, 6.45) is 4.48.